The second-order valence-electron chi connectivity index (χ2n) is 5.55. The number of fused-ring (bicyclic) bond motifs is 1. The SMILES string of the molecule is COC(=O)c1cccc(CNC(=O)c2cc3cccnc3nc2C)c1. The van der Waals surface area contributed by atoms with E-state index < -0.39 is 5.97 Å². The Hall–Kier alpha value is -3.28. The van der Waals surface area contributed by atoms with Gasteiger partial charge in [-0.15, -0.1) is 0 Å². The van der Waals surface area contributed by atoms with Crippen LogP contribution in [0.5, 0.6) is 0 Å². The number of amides is 1. The van der Waals surface area contributed by atoms with Gasteiger partial charge in [0.15, 0.2) is 5.65 Å². The van der Waals surface area contributed by atoms with Gasteiger partial charge in [-0.1, -0.05) is 12.1 Å². The van der Waals surface area contributed by atoms with Crippen LogP contribution >= 0.6 is 0 Å². The van der Waals surface area contributed by atoms with Gasteiger partial charge in [0.1, 0.15) is 0 Å². The second kappa shape index (κ2) is 7.09. The third kappa shape index (κ3) is 3.63. The minimum absolute atomic E-state index is 0.223. The molecule has 126 valence electrons. The van der Waals surface area contributed by atoms with E-state index in [1.165, 1.54) is 7.11 Å². The van der Waals surface area contributed by atoms with Gasteiger partial charge in [-0.05, 0) is 42.8 Å². The molecule has 6 nitrogen and oxygen atoms in total. The first-order valence-corrected chi connectivity index (χ1v) is 7.76. The number of carbonyl (C=O) groups excluding carboxylic acids is 2. The fourth-order valence-corrected chi connectivity index (χ4v) is 2.53. The second-order valence-corrected chi connectivity index (χ2v) is 5.55. The van der Waals surface area contributed by atoms with Gasteiger partial charge in [0.2, 0.25) is 0 Å². The predicted molar refractivity (Wildman–Crippen MR) is 93.2 cm³/mol. The van der Waals surface area contributed by atoms with Crippen molar-refractivity contribution in [3.05, 3.63) is 71.0 Å². The summed E-state index contributed by atoms with van der Waals surface area (Å²) >= 11 is 0. The maximum atomic E-state index is 12.5. The largest absolute Gasteiger partial charge is 0.465 e. The smallest absolute Gasteiger partial charge is 0.337 e. The van der Waals surface area contributed by atoms with Crippen LogP contribution in [0.25, 0.3) is 11.0 Å². The van der Waals surface area contributed by atoms with Crippen molar-refractivity contribution in [2.45, 2.75) is 13.5 Å². The Balaban J connectivity index is 1.77. The normalized spacial score (nSPS) is 10.5. The standard InChI is InChI=1S/C19H17N3O3/c1-12-16(10-14-7-4-8-20-17(14)22-12)18(23)21-11-13-5-3-6-15(9-13)19(24)25-2/h3-10H,11H2,1-2H3,(H,21,23). The van der Waals surface area contributed by atoms with Crippen LogP contribution in [0, 0.1) is 6.92 Å². The fraction of sp³-hybridized carbons (Fsp3) is 0.158. The maximum Gasteiger partial charge on any atom is 0.337 e. The monoisotopic (exact) mass is 335 g/mol. The van der Waals surface area contributed by atoms with Crippen molar-refractivity contribution in [3.8, 4) is 0 Å². The summed E-state index contributed by atoms with van der Waals surface area (Å²) in [5.74, 6) is -0.630. The van der Waals surface area contributed by atoms with E-state index in [0.29, 0.717) is 29.0 Å². The van der Waals surface area contributed by atoms with Crippen molar-refractivity contribution in [1.29, 1.82) is 0 Å². The molecule has 0 saturated heterocycles. The molecule has 0 aliphatic rings. The van der Waals surface area contributed by atoms with Gasteiger partial charge in [0, 0.05) is 18.1 Å². The number of methoxy groups -OCH3 is 1. The molecule has 0 atom stereocenters. The van der Waals surface area contributed by atoms with Crippen LogP contribution in [-0.2, 0) is 11.3 Å². The van der Waals surface area contributed by atoms with Crippen LogP contribution in [0.2, 0.25) is 0 Å². The van der Waals surface area contributed by atoms with E-state index >= 15 is 0 Å². The van der Waals surface area contributed by atoms with E-state index in [1.807, 2.05) is 12.1 Å². The molecule has 6 heteroatoms. The van der Waals surface area contributed by atoms with E-state index in [1.54, 1.807) is 43.5 Å². The van der Waals surface area contributed by atoms with E-state index in [0.717, 1.165) is 10.9 Å². The average Bonchev–Trinajstić information content (AvgIpc) is 2.65. The molecule has 0 fully saturated rings. The first kappa shape index (κ1) is 16.6. The molecular weight excluding hydrogens is 318 g/mol. The van der Waals surface area contributed by atoms with Crippen molar-refractivity contribution in [2.24, 2.45) is 0 Å². The molecule has 0 unspecified atom stereocenters. The Kier molecular flexibility index (Phi) is 4.70. The van der Waals surface area contributed by atoms with Gasteiger partial charge < -0.3 is 10.1 Å². The van der Waals surface area contributed by atoms with Crippen LogP contribution in [0.15, 0.2) is 48.7 Å². The number of nitrogens with one attached hydrogen (secondary N) is 1. The molecule has 0 aliphatic carbocycles. The number of pyridine rings is 2. The summed E-state index contributed by atoms with van der Waals surface area (Å²) in [6, 6.07) is 12.4. The van der Waals surface area contributed by atoms with Crippen molar-refractivity contribution in [3.63, 3.8) is 0 Å². The highest BCUT2D eigenvalue weighted by atomic mass is 16.5. The molecular formula is C19H17N3O3. The number of rotatable bonds is 4. The maximum absolute atomic E-state index is 12.5. The number of nitrogens with zero attached hydrogens (tertiary/aromatic N) is 2. The van der Waals surface area contributed by atoms with Crippen LogP contribution < -0.4 is 5.32 Å². The number of carbonyl (C=O) groups is 2. The minimum atomic E-state index is -0.407. The number of hydrogen-bond acceptors (Lipinski definition) is 5. The van der Waals surface area contributed by atoms with Crippen LogP contribution in [-0.4, -0.2) is 29.0 Å². The molecule has 1 amide bonds. The van der Waals surface area contributed by atoms with Gasteiger partial charge in [0.25, 0.3) is 5.91 Å². The lowest BCUT2D eigenvalue weighted by molar-refractivity contribution is 0.0600. The molecule has 0 radical (unpaired) electrons. The van der Waals surface area contributed by atoms with Crippen molar-refractivity contribution in [2.75, 3.05) is 7.11 Å². The summed E-state index contributed by atoms with van der Waals surface area (Å²) in [7, 11) is 1.33. The molecule has 1 N–H and O–H groups in total. The number of esters is 1. The van der Waals surface area contributed by atoms with Crippen LogP contribution in [0.4, 0.5) is 0 Å². The Morgan fingerprint density at radius 1 is 1.16 bits per heavy atom. The minimum Gasteiger partial charge on any atom is -0.465 e. The molecule has 0 bridgehead atoms. The zero-order valence-electron chi connectivity index (χ0n) is 13.9. The van der Waals surface area contributed by atoms with E-state index in [-0.39, 0.29) is 5.91 Å². The molecule has 0 aliphatic heterocycles. The fourth-order valence-electron chi connectivity index (χ4n) is 2.53. The summed E-state index contributed by atoms with van der Waals surface area (Å²) < 4.78 is 4.70. The Morgan fingerprint density at radius 3 is 2.80 bits per heavy atom. The van der Waals surface area contributed by atoms with E-state index in [2.05, 4.69) is 15.3 Å². The van der Waals surface area contributed by atoms with Gasteiger partial charge in [-0.25, -0.2) is 14.8 Å². The first-order valence-electron chi connectivity index (χ1n) is 7.76. The zero-order valence-corrected chi connectivity index (χ0v) is 13.9. The lowest BCUT2D eigenvalue weighted by atomic mass is 10.1. The molecule has 2 aromatic heterocycles. The lowest BCUT2D eigenvalue weighted by Crippen LogP contribution is -2.24. The summed E-state index contributed by atoms with van der Waals surface area (Å²) in [6.07, 6.45) is 1.67. The van der Waals surface area contributed by atoms with Crippen LogP contribution in [0.3, 0.4) is 0 Å². The molecule has 3 rings (SSSR count). The van der Waals surface area contributed by atoms with E-state index in [4.69, 9.17) is 4.74 Å². The summed E-state index contributed by atoms with van der Waals surface area (Å²) in [6.45, 7) is 2.08. The Bertz CT molecular complexity index is 954. The molecule has 25 heavy (non-hydrogen) atoms. The summed E-state index contributed by atoms with van der Waals surface area (Å²) in [5, 5.41) is 3.66. The van der Waals surface area contributed by atoms with Gasteiger partial charge in [-0.3, -0.25) is 4.79 Å². The van der Waals surface area contributed by atoms with Crippen molar-refractivity contribution >= 4 is 22.9 Å². The van der Waals surface area contributed by atoms with Crippen molar-refractivity contribution < 1.29 is 14.3 Å². The molecule has 0 spiro atoms. The van der Waals surface area contributed by atoms with E-state index in [9.17, 15) is 9.59 Å². The van der Waals surface area contributed by atoms with Gasteiger partial charge in [-0.2, -0.15) is 0 Å². The lowest BCUT2D eigenvalue weighted by Gasteiger charge is -2.09. The number of hydrogen-bond donors (Lipinski definition) is 1. The topological polar surface area (TPSA) is 81.2 Å². The van der Waals surface area contributed by atoms with Crippen LogP contribution in [0.1, 0.15) is 32.0 Å². The molecule has 0 saturated carbocycles. The number of aryl methyl sites for hydroxylation is 1. The molecule has 1 aromatic carbocycles. The molecule has 3 aromatic rings. The Labute approximate surface area is 144 Å². The zero-order chi connectivity index (χ0) is 17.8. The van der Waals surface area contributed by atoms with Gasteiger partial charge in [0.05, 0.1) is 23.9 Å². The number of benzene rings is 1. The third-order valence-electron chi connectivity index (χ3n) is 3.83. The summed E-state index contributed by atoms with van der Waals surface area (Å²) in [4.78, 5) is 32.6. The number of aromatic nitrogens is 2. The average molecular weight is 335 g/mol. The highest BCUT2D eigenvalue weighted by Gasteiger charge is 2.12. The molecule has 2 heterocycles. The number of ether oxygens (including phenoxy) is 1. The first-order chi connectivity index (χ1) is 12.1. The highest BCUT2D eigenvalue weighted by Crippen LogP contribution is 2.15. The quantitative estimate of drug-likeness (QED) is 0.741. The third-order valence-corrected chi connectivity index (χ3v) is 3.83. The Morgan fingerprint density at radius 2 is 2.00 bits per heavy atom. The summed E-state index contributed by atoms with van der Waals surface area (Å²) in [5.41, 5.74) is 2.99. The van der Waals surface area contributed by atoms with Crippen molar-refractivity contribution in [1.82, 2.24) is 15.3 Å². The highest BCUT2D eigenvalue weighted by molar-refractivity contribution is 5.98. The predicted octanol–water partition coefficient (Wildman–Crippen LogP) is 2.65. The van der Waals surface area contributed by atoms with Gasteiger partial charge >= 0.3 is 5.97 Å².